The fraction of sp³-hybridized carbons (Fsp3) is 0.429. The number of nitrogens with zero attached hydrogens (tertiary/aromatic N) is 1. The van der Waals surface area contributed by atoms with Gasteiger partial charge in [-0.15, -0.1) is 0 Å². The van der Waals surface area contributed by atoms with Crippen molar-refractivity contribution in [1.82, 2.24) is 4.90 Å². The highest BCUT2D eigenvalue weighted by molar-refractivity contribution is 5.39. The van der Waals surface area contributed by atoms with Gasteiger partial charge in [-0.1, -0.05) is 24.3 Å². The summed E-state index contributed by atoms with van der Waals surface area (Å²) >= 11 is 0. The summed E-state index contributed by atoms with van der Waals surface area (Å²) in [6, 6.07) is 13.6. The summed E-state index contributed by atoms with van der Waals surface area (Å²) in [6.45, 7) is 2.35. The first-order chi connectivity index (χ1) is 12.6. The van der Waals surface area contributed by atoms with Gasteiger partial charge in [-0.25, -0.2) is 0 Å². The highest BCUT2D eigenvalue weighted by Crippen LogP contribution is 2.38. The normalized spacial score (nSPS) is 17.1. The van der Waals surface area contributed by atoms with Crippen molar-refractivity contribution in [3.63, 3.8) is 0 Å². The Hall–Kier alpha value is -2.08. The lowest BCUT2D eigenvalue weighted by molar-refractivity contribution is -0.0292. The molecular formula is C21H27NO4. The Morgan fingerprint density at radius 1 is 1.00 bits per heavy atom. The van der Waals surface area contributed by atoms with Crippen LogP contribution in [0.15, 0.2) is 42.5 Å². The molecule has 0 aromatic heterocycles. The number of hydrogen-bond acceptors (Lipinski definition) is 5. The van der Waals surface area contributed by atoms with Crippen molar-refractivity contribution in [3.8, 4) is 11.5 Å². The van der Waals surface area contributed by atoms with Crippen LogP contribution in [-0.2, 0) is 18.8 Å². The Morgan fingerprint density at radius 2 is 1.69 bits per heavy atom. The minimum absolute atomic E-state index is 0.0371. The fourth-order valence-corrected chi connectivity index (χ4v) is 3.69. The number of rotatable bonds is 6. The van der Waals surface area contributed by atoms with Crippen LogP contribution in [0.5, 0.6) is 11.5 Å². The molecule has 5 heteroatoms. The molecule has 2 aromatic rings. The summed E-state index contributed by atoms with van der Waals surface area (Å²) < 4.78 is 10.7. The SMILES string of the molecule is COc1ccc(CN2CCC(O)(c3ccccc3OC)CC2)cc1CO. The van der Waals surface area contributed by atoms with Crippen LogP contribution in [-0.4, -0.2) is 42.4 Å². The van der Waals surface area contributed by atoms with E-state index in [1.54, 1.807) is 14.2 Å². The van der Waals surface area contributed by atoms with Crippen LogP contribution in [0.3, 0.4) is 0 Å². The fourth-order valence-electron chi connectivity index (χ4n) is 3.69. The smallest absolute Gasteiger partial charge is 0.124 e. The number of aliphatic hydroxyl groups is 2. The molecule has 0 atom stereocenters. The van der Waals surface area contributed by atoms with Crippen molar-refractivity contribution in [3.05, 3.63) is 59.2 Å². The summed E-state index contributed by atoms with van der Waals surface area (Å²) in [4.78, 5) is 2.33. The molecule has 1 fully saturated rings. The molecule has 0 amide bonds. The third-order valence-electron chi connectivity index (χ3n) is 5.21. The number of hydrogen-bond donors (Lipinski definition) is 2. The zero-order valence-corrected chi connectivity index (χ0v) is 15.4. The summed E-state index contributed by atoms with van der Waals surface area (Å²) in [5, 5.41) is 20.6. The third kappa shape index (κ3) is 3.85. The van der Waals surface area contributed by atoms with Crippen molar-refractivity contribution < 1.29 is 19.7 Å². The molecule has 1 heterocycles. The molecule has 1 aliphatic heterocycles. The van der Waals surface area contributed by atoms with Crippen LogP contribution < -0.4 is 9.47 Å². The number of aliphatic hydroxyl groups excluding tert-OH is 1. The van der Waals surface area contributed by atoms with E-state index < -0.39 is 5.60 Å². The van der Waals surface area contributed by atoms with E-state index in [4.69, 9.17) is 9.47 Å². The summed E-state index contributed by atoms with van der Waals surface area (Å²) in [6.07, 6.45) is 1.33. The minimum Gasteiger partial charge on any atom is -0.496 e. The van der Waals surface area contributed by atoms with E-state index in [0.29, 0.717) is 18.6 Å². The first-order valence-corrected chi connectivity index (χ1v) is 8.94. The second kappa shape index (κ2) is 8.08. The molecule has 0 radical (unpaired) electrons. The van der Waals surface area contributed by atoms with E-state index in [0.717, 1.165) is 42.1 Å². The van der Waals surface area contributed by atoms with Crippen molar-refractivity contribution in [2.45, 2.75) is 31.6 Å². The molecule has 2 N–H and O–H groups in total. The van der Waals surface area contributed by atoms with Gasteiger partial charge in [-0.05, 0) is 36.6 Å². The predicted molar refractivity (Wildman–Crippen MR) is 100 cm³/mol. The van der Waals surface area contributed by atoms with Crippen LogP contribution in [0, 0.1) is 0 Å². The first kappa shape index (κ1) is 18.7. The number of ether oxygens (including phenoxy) is 2. The van der Waals surface area contributed by atoms with E-state index >= 15 is 0 Å². The molecule has 5 nitrogen and oxygen atoms in total. The number of benzene rings is 2. The van der Waals surface area contributed by atoms with Gasteiger partial charge < -0.3 is 19.7 Å². The molecular weight excluding hydrogens is 330 g/mol. The molecule has 1 saturated heterocycles. The van der Waals surface area contributed by atoms with Crippen LogP contribution in [0.4, 0.5) is 0 Å². The number of para-hydroxylation sites is 1. The Bertz CT molecular complexity index is 739. The molecule has 3 rings (SSSR count). The third-order valence-corrected chi connectivity index (χ3v) is 5.21. The Labute approximate surface area is 154 Å². The van der Waals surface area contributed by atoms with Crippen LogP contribution in [0.1, 0.15) is 29.5 Å². The quantitative estimate of drug-likeness (QED) is 0.832. The van der Waals surface area contributed by atoms with Gasteiger partial charge in [0.15, 0.2) is 0 Å². The first-order valence-electron chi connectivity index (χ1n) is 8.94. The summed E-state index contributed by atoms with van der Waals surface area (Å²) in [5.74, 6) is 1.45. The highest BCUT2D eigenvalue weighted by atomic mass is 16.5. The number of likely N-dealkylation sites (tertiary alicyclic amines) is 1. The molecule has 0 unspecified atom stereocenters. The largest absolute Gasteiger partial charge is 0.496 e. The average Bonchev–Trinajstić information content (AvgIpc) is 2.69. The molecule has 140 valence electrons. The summed E-state index contributed by atoms with van der Waals surface area (Å²) in [5.41, 5.74) is 1.96. The zero-order valence-electron chi connectivity index (χ0n) is 15.4. The molecule has 2 aromatic carbocycles. The summed E-state index contributed by atoms with van der Waals surface area (Å²) in [7, 11) is 3.25. The Kier molecular flexibility index (Phi) is 5.81. The topological polar surface area (TPSA) is 62.2 Å². The lowest BCUT2D eigenvalue weighted by Gasteiger charge is -2.39. The van der Waals surface area contributed by atoms with E-state index in [1.165, 1.54) is 0 Å². The van der Waals surface area contributed by atoms with Crippen LogP contribution in [0.2, 0.25) is 0 Å². The van der Waals surface area contributed by atoms with E-state index in [9.17, 15) is 10.2 Å². The van der Waals surface area contributed by atoms with Gasteiger partial charge >= 0.3 is 0 Å². The predicted octanol–water partition coefficient (Wildman–Crippen LogP) is 2.68. The van der Waals surface area contributed by atoms with Gasteiger partial charge in [0.05, 0.1) is 26.4 Å². The van der Waals surface area contributed by atoms with Crippen LogP contribution >= 0.6 is 0 Å². The Balaban J connectivity index is 1.67. The standard InChI is InChI=1S/C21H27NO4/c1-25-19-8-7-16(13-17(19)15-23)14-22-11-9-21(24,10-12-22)18-5-3-4-6-20(18)26-2/h3-8,13,23-24H,9-12,14-15H2,1-2H3. The lowest BCUT2D eigenvalue weighted by Crippen LogP contribution is -2.42. The van der Waals surface area contributed by atoms with Crippen molar-refractivity contribution in [2.24, 2.45) is 0 Å². The van der Waals surface area contributed by atoms with Gasteiger partial charge in [0, 0.05) is 30.8 Å². The second-order valence-electron chi connectivity index (χ2n) is 6.81. The highest BCUT2D eigenvalue weighted by Gasteiger charge is 2.36. The van der Waals surface area contributed by atoms with Gasteiger partial charge in [0.25, 0.3) is 0 Å². The van der Waals surface area contributed by atoms with Crippen LogP contribution in [0.25, 0.3) is 0 Å². The van der Waals surface area contributed by atoms with E-state index in [-0.39, 0.29) is 6.61 Å². The average molecular weight is 357 g/mol. The maximum absolute atomic E-state index is 11.1. The molecule has 0 bridgehead atoms. The van der Waals surface area contributed by atoms with Gasteiger partial charge in [0.2, 0.25) is 0 Å². The van der Waals surface area contributed by atoms with Gasteiger partial charge in [-0.3, -0.25) is 4.90 Å². The van der Waals surface area contributed by atoms with Gasteiger partial charge in [-0.2, -0.15) is 0 Å². The maximum atomic E-state index is 11.1. The van der Waals surface area contributed by atoms with Crippen molar-refractivity contribution >= 4 is 0 Å². The molecule has 26 heavy (non-hydrogen) atoms. The zero-order chi connectivity index (χ0) is 18.6. The number of piperidine rings is 1. The second-order valence-corrected chi connectivity index (χ2v) is 6.81. The Morgan fingerprint density at radius 3 is 2.35 bits per heavy atom. The molecule has 0 aliphatic carbocycles. The maximum Gasteiger partial charge on any atom is 0.124 e. The number of methoxy groups -OCH3 is 2. The van der Waals surface area contributed by atoms with Gasteiger partial charge in [0.1, 0.15) is 11.5 Å². The van der Waals surface area contributed by atoms with E-state index in [1.807, 2.05) is 42.5 Å². The monoisotopic (exact) mass is 357 g/mol. The molecule has 0 spiro atoms. The molecule has 0 saturated carbocycles. The lowest BCUT2D eigenvalue weighted by atomic mass is 9.83. The van der Waals surface area contributed by atoms with Crippen molar-refractivity contribution in [1.29, 1.82) is 0 Å². The van der Waals surface area contributed by atoms with E-state index in [2.05, 4.69) is 4.90 Å². The molecule has 1 aliphatic rings. The van der Waals surface area contributed by atoms with Crippen molar-refractivity contribution in [2.75, 3.05) is 27.3 Å². The minimum atomic E-state index is -0.848.